The van der Waals surface area contributed by atoms with Gasteiger partial charge in [0, 0.05) is 43.7 Å². The Morgan fingerprint density at radius 2 is 1.77 bits per heavy atom. The topological polar surface area (TPSA) is 99.2 Å². The summed E-state index contributed by atoms with van der Waals surface area (Å²) < 4.78 is 5.85. The molecule has 0 spiro atoms. The first-order valence-corrected chi connectivity index (χ1v) is 11.2. The standard InChI is InChI=1S/C23H33N3O5/c1-3-20(24-23(29)30)22(28)26-13-11-25(12-14-26)16(2)10-15-31-19-8-6-18(7-9-19)21(27)17-4-5-17/h6-9,16-17,20,24H,3-5,10-15H2,1-2H3,(H,29,30)/t16-,20-/m1/s1. The van der Waals surface area contributed by atoms with Gasteiger partial charge >= 0.3 is 6.09 Å². The average molecular weight is 432 g/mol. The number of carbonyl (C=O) groups is 3. The van der Waals surface area contributed by atoms with Crippen LogP contribution >= 0.6 is 0 Å². The Morgan fingerprint density at radius 1 is 1.13 bits per heavy atom. The Labute approximate surface area is 183 Å². The van der Waals surface area contributed by atoms with Crippen LogP contribution in [0, 0.1) is 5.92 Å². The number of amides is 2. The third-order valence-corrected chi connectivity index (χ3v) is 6.14. The maximum atomic E-state index is 12.5. The van der Waals surface area contributed by atoms with Crippen LogP contribution in [0.3, 0.4) is 0 Å². The maximum Gasteiger partial charge on any atom is 0.405 e. The third kappa shape index (κ3) is 6.43. The van der Waals surface area contributed by atoms with Crippen LogP contribution in [-0.4, -0.2) is 77.6 Å². The Hall–Kier alpha value is -2.61. The summed E-state index contributed by atoms with van der Waals surface area (Å²) in [5, 5.41) is 11.2. The van der Waals surface area contributed by atoms with Crippen molar-refractivity contribution in [3.63, 3.8) is 0 Å². The van der Waals surface area contributed by atoms with Gasteiger partial charge in [-0.2, -0.15) is 0 Å². The second-order valence-electron chi connectivity index (χ2n) is 8.42. The molecule has 0 radical (unpaired) electrons. The van der Waals surface area contributed by atoms with Gasteiger partial charge < -0.3 is 20.1 Å². The second kappa shape index (κ2) is 10.6. The lowest BCUT2D eigenvalue weighted by Gasteiger charge is -2.39. The van der Waals surface area contributed by atoms with Gasteiger partial charge in [0.25, 0.3) is 0 Å². The summed E-state index contributed by atoms with van der Waals surface area (Å²) >= 11 is 0. The molecule has 1 aromatic rings. The van der Waals surface area contributed by atoms with Crippen molar-refractivity contribution < 1.29 is 24.2 Å². The summed E-state index contributed by atoms with van der Waals surface area (Å²) in [5.74, 6) is 1.09. The highest BCUT2D eigenvalue weighted by Crippen LogP contribution is 2.32. The van der Waals surface area contributed by atoms with Crippen molar-refractivity contribution in [2.24, 2.45) is 5.92 Å². The molecule has 1 saturated heterocycles. The number of ketones is 1. The van der Waals surface area contributed by atoms with E-state index in [1.54, 1.807) is 11.8 Å². The summed E-state index contributed by atoms with van der Waals surface area (Å²) in [6.07, 6.45) is 2.14. The summed E-state index contributed by atoms with van der Waals surface area (Å²) in [6, 6.07) is 7.05. The maximum absolute atomic E-state index is 12.5. The van der Waals surface area contributed by atoms with E-state index in [1.807, 2.05) is 24.3 Å². The molecule has 170 valence electrons. The monoisotopic (exact) mass is 431 g/mol. The van der Waals surface area contributed by atoms with E-state index >= 15 is 0 Å². The van der Waals surface area contributed by atoms with Crippen molar-refractivity contribution in [3.05, 3.63) is 29.8 Å². The molecule has 8 heteroatoms. The molecular formula is C23H33N3O5. The van der Waals surface area contributed by atoms with Crippen molar-refractivity contribution in [2.45, 2.75) is 51.6 Å². The first-order chi connectivity index (χ1) is 14.9. The number of benzene rings is 1. The number of piperazine rings is 1. The van der Waals surface area contributed by atoms with E-state index in [2.05, 4.69) is 17.1 Å². The summed E-state index contributed by atoms with van der Waals surface area (Å²) in [6.45, 7) is 7.24. The first-order valence-electron chi connectivity index (χ1n) is 11.2. The van der Waals surface area contributed by atoms with Gasteiger partial charge in [0.2, 0.25) is 5.91 Å². The normalized spacial score (nSPS) is 18.8. The zero-order valence-corrected chi connectivity index (χ0v) is 18.4. The quantitative estimate of drug-likeness (QED) is 0.553. The zero-order chi connectivity index (χ0) is 22.4. The molecular weight excluding hydrogens is 398 g/mol. The Morgan fingerprint density at radius 3 is 2.32 bits per heavy atom. The van der Waals surface area contributed by atoms with Crippen LogP contribution in [0.4, 0.5) is 4.79 Å². The molecule has 2 amide bonds. The van der Waals surface area contributed by atoms with Crippen molar-refractivity contribution in [3.8, 4) is 5.75 Å². The van der Waals surface area contributed by atoms with Crippen molar-refractivity contribution in [1.82, 2.24) is 15.1 Å². The number of ether oxygens (including phenoxy) is 1. The largest absolute Gasteiger partial charge is 0.494 e. The van der Waals surface area contributed by atoms with Crippen LogP contribution in [-0.2, 0) is 4.79 Å². The number of hydrogen-bond donors (Lipinski definition) is 2. The van der Waals surface area contributed by atoms with Gasteiger partial charge in [-0.1, -0.05) is 6.92 Å². The molecule has 0 bridgehead atoms. The predicted octanol–water partition coefficient (Wildman–Crippen LogP) is 2.63. The van der Waals surface area contributed by atoms with Crippen LogP contribution in [0.1, 0.15) is 49.9 Å². The minimum absolute atomic E-state index is 0.149. The lowest BCUT2D eigenvalue weighted by atomic mass is 10.1. The van der Waals surface area contributed by atoms with Crippen molar-refractivity contribution in [2.75, 3.05) is 32.8 Å². The molecule has 1 aromatic carbocycles. The Balaban J connectivity index is 1.38. The summed E-state index contributed by atoms with van der Waals surface area (Å²) in [4.78, 5) is 39.5. The molecule has 2 fully saturated rings. The van der Waals surface area contributed by atoms with E-state index in [1.165, 1.54) is 0 Å². The lowest BCUT2D eigenvalue weighted by molar-refractivity contribution is -0.135. The fourth-order valence-electron chi connectivity index (χ4n) is 3.92. The van der Waals surface area contributed by atoms with Gasteiger partial charge in [-0.05, 0) is 56.9 Å². The van der Waals surface area contributed by atoms with Crippen LogP contribution < -0.4 is 10.1 Å². The number of hydrogen-bond acceptors (Lipinski definition) is 5. The number of carbonyl (C=O) groups excluding carboxylic acids is 2. The number of nitrogens with zero attached hydrogens (tertiary/aromatic N) is 2. The van der Waals surface area contributed by atoms with Crippen LogP contribution in [0.15, 0.2) is 24.3 Å². The molecule has 3 rings (SSSR count). The smallest absolute Gasteiger partial charge is 0.405 e. The molecule has 0 aromatic heterocycles. The molecule has 8 nitrogen and oxygen atoms in total. The van der Waals surface area contributed by atoms with Crippen LogP contribution in [0.5, 0.6) is 5.75 Å². The predicted molar refractivity (Wildman–Crippen MR) is 116 cm³/mol. The SMILES string of the molecule is CC[C@@H](NC(=O)O)C(=O)N1CCN([C@H](C)CCOc2ccc(C(=O)C3CC3)cc2)CC1. The van der Waals surface area contributed by atoms with Crippen LogP contribution in [0.25, 0.3) is 0 Å². The van der Waals surface area contributed by atoms with Gasteiger partial charge in [-0.3, -0.25) is 14.5 Å². The Kier molecular flexibility index (Phi) is 7.90. The molecule has 2 atom stereocenters. The molecule has 1 heterocycles. The second-order valence-corrected chi connectivity index (χ2v) is 8.42. The Bertz CT molecular complexity index is 770. The van der Waals surface area contributed by atoms with Crippen molar-refractivity contribution >= 4 is 17.8 Å². The van der Waals surface area contributed by atoms with E-state index in [4.69, 9.17) is 9.84 Å². The first kappa shape index (κ1) is 23.1. The third-order valence-electron chi connectivity index (χ3n) is 6.14. The van der Waals surface area contributed by atoms with Gasteiger partial charge in [0.1, 0.15) is 11.8 Å². The number of Topliss-reactive ketones (excluding diaryl/α,β-unsaturated/α-hetero) is 1. The minimum atomic E-state index is -1.17. The molecule has 1 aliphatic heterocycles. The molecule has 0 unspecified atom stereocenters. The van der Waals surface area contributed by atoms with Crippen molar-refractivity contribution in [1.29, 1.82) is 0 Å². The summed E-state index contributed by atoms with van der Waals surface area (Å²) in [7, 11) is 0. The average Bonchev–Trinajstić information content (AvgIpc) is 3.62. The number of nitrogens with one attached hydrogen (secondary N) is 1. The fraction of sp³-hybridized carbons (Fsp3) is 0.609. The number of rotatable bonds is 10. The van der Waals surface area contributed by atoms with Gasteiger partial charge in [0.15, 0.2) is 5.78 Å². The van der Waals surface area contributed by atoms with E-state index in [-0.39, 0.29) is 17.6 Å². The highest BCUT2D eigenvalue weighted by atomic mass is 16.5. The highest BCUT2D eigenvalue weighted by Gasteiger charge is 2.30. The minimum Gasteiger partial charge on any atom is -0.494 e. The van der Waals surface area contributed by atoms with E-state index in [0.717, 1.165) is 43.7 Å². The van der Waals surface area contributed by atoms with E-state index in [9.17, 15) is 14.4 Å². The zero-order valence-electron chi connectivity index (χ0n) is 18.4. The summed E-state index contributed by atoms with van der Waals surface area (Å²) in [5.41, 5.74) is 0.763. The molecule has 2 aliphatic rings. The molecule has 2 N–H and O–H groups in total. The molecule has 1 aliphatic carbocycles. The molecule has 31 heavy (non-hydrogen) atoms. The van der Waals surface area contributed by atoms with E-state index < -0.39 is 12.1 Å². The van der Waals surface area contributed by atoms with Crippen LogP contribution in [0.2, 0.25) is 0 Å². The van der Waals surface area contributed by atoms with Gasteiger partial charge in [0.05, 0.1) is 6.61 Å². The van der Waals surface area contributed by atoms with Gasteiger partial charge in [-0.25, -0.2) is 4.79 Å². The van der Waals surface area contributed by atoms with E-state index in [0.29, 0.717) is 32.2 Å². The number of carboxylic acid groups (broad SMARTS) is 1. The fourth-order valence-corrected chi connectivity index (χ4v) is 3.92. The van der Waals surface area contributed by atoms with Gasteiger partial charge in [-0.15, -0.1) is 0 Å². The molecule has 1 saturated carbocycles. The lowest BCUT2D eigenvalue weighted by Crippen LogP contribution is -2.56. The highest BCUT2D eigenvalue weighted by molar-refractivity contribution is 5.99.